The first-order chi connectivity index (χ1) is 22.5. The predicted molar refractivity (Wildman–Crippen MR) is 181 cm³/mol. The van der Waals surface area contributed by atoms with Crippen molar-refractivity contribution < 1.29 is 8.78 Å². The molecule has 4 nitrogen and oxygen atoms in total. The fourth-order valence-corrected chi connectivity index (χ4v) is 6.10. The van der Waals surface area contributed by atoms with Gasteiger partial charge in [-0.1, -0.05) is 103 Å². The van der Waals surface area contributed by atoms with E-state index in [9.17, 15) is 0 Å². The van der Waals surface area contributed by atoms with Crippen LogP contribution in [0.3, 0.4) is 0 Å². The van der Waals surface area contributed by atoms with Crippen LogP contribution in [-0.2, 0) is 0 Å². The van der Waals surface area contributed by atoms with Crippen molar-refractivity contribution in [3.05, 3.63) is 157 Å². The molecule has 6 heteroatoms. The third-order valence-electron chi connectivity index (χ3n) is 8.26. The highest BCUT2D eigenvalue weighted by Gasteiger charge is 2.21. The smallest absolute Gasteiger partial charge is 0.166 e. The van der Waals surface area contributed by atoms with Gasteiger partial charge >= 0.3 is 0 Å². The Bertz CT molecular complexity index is 2320. The topological polar surface area (TPSA) is 43.6 Å². The van der Waals surface area contributed by atoms with E-state index in [0.717, 1.165) is 38.5 Å². The molecule has 220 valence electrons. The fourth-order valence-electron chi connectivity index (χ4n) is 6.10. The van der Waals surface area contributed by atoms with Crippen LogP contribution in [0, 0.1) is 18.6 Å². The van der Waals surface area contributed by atoms with Crippen molar-refractivity contribution in [3.63, 3.8) is 0 Å². The third-order valence-corrected chi connectivity index (χ3v) is 8.26. The van der Waals surface area contributed by atoms with E-state index in [1.165, 1.54) is 18.2 Å². The van der Waals surface area contributed by atoms with Crippen LogP contribution >= 0.6 is 0 Å². The van der Waals surface area contributed by atoms with Gasteiger partial charge < -0.3 is 4.57 Å². The fraction of sp³-hybridized carbons (Fsp3) is 0.0250. The zero-order valence-corrected chi connectivity index (χ0v) is 24.8. The Morgan fingerprint density at radius 1 is 0.478 bits per heavy atom. The van der Waals surface area contributed by atoms with Gasteiger partial charge in [-0.3, -0.25) is 0 Å². The molecule has 0 saturated carbocycles. The Morgan fingerprint density at radius 3 is 1.74 bits per heavy atom. The minimum absolute atomic E-state index is 0.0853. The number of benzene rings is 6. The van der Waals surface area contributed by atoms with Gasteiger partial charge in [-0.2, -0.15) is 0 Å². The lowest BCUT2D eigenvalue weighted by Gasteiger charge is -2.17. The summed E-state index contributed by atoms with van der Waals surface area (Å²) < 4.78 is 32.5. The first-order valence-corrected chi connectivity index (χ1v) is 15.0. The molecular weight excluding hydrogens is 574 g/mol. The quantitative estimate of drug-likeness (QED) is 0.197. The molecule has 0 spiro atoms. The lowest BCUT2D eigenvalue weighted by Crippen LogP contribution is -2.04. The van der Waals surface area contributed by atoms with Crippen LogP contribution in [0.2, 0.25) is 0 Å². The Kier molecular flexibility index (Phi) is 6.68. The van der Waals surface area contributed by atoms with Gasteiger partial charge in [-0.25, -0.2) is 23.7 Å². The molecule has 0 bridgehead atoms. The minimum atomic E-state index is -0.630. The van der Waals surface area contributed by atoms with Crippen molar-refractivity contribution in [1.82, 2.24) is 19.5 Å². The largest absolute Gasteiger partial charge is 0.308 e. The molecule has 0 fully saturated rings. The van der Waals surface area contributed by atoms with Crippen LogP contribution in [0.5, 0.6) is 0 Å². The number of rotatable bonds is 5. The summed E-state index contributed by atoms with van der Waals surface area (Å²) in [5.41, 5.74) is 6.43. The molecule has 0 radical (unpaired) electrons. The number of aryl methyl sites for hydroxylation is 1. The summed E-state index contributed by atoms with van der Waals surface area (Å²) in [5, 5.41) is 2.14. The second-order valence-corrected chi connectivity index (χ2v) is 11.2. The second kappa shape index (κ2) is 11.2. The Hall–Kier alpha value is -6.01. The molecule has 8 rings (SSSR count). The summed E-state index contributed by atoms with van der Waals surface area (Å²) in [7, 11) is 0. The highest BCUT2D eigenvalue weighted by atomic mass is 19.1. The molecule has 0 saturated heterocycles. The summed E-state index contributed by atoms with van der Waals surface area (Å²) in [6.07, 6.45) is 0. The molecule has 46 heavy (non-hydrogen) atoms. The van der Waals surface area contributed by atoms with E-state index in [1.807, 2.05) is 84.9 Å². The van der Waals surface area contributed by atoms with Gasteiger partial charge in [0.1, 0.15) is 11.6 Å². The van der Waals surface area contributed by atoms with Crippen LogP contribution in [0.15, 0.2) is 140 Å². The molecule has 0 unspecified atom stereocenters. The third kappa shape index (κ3) is 4.72. The zero-order chi connectivity index (χ0) is 31.2. The Labute approximate surface area is 264 Å². The normalized spacial score (nSPS) is 11.4. The average molecular weight is 601 g/mol. The van der Waals surface area contributed by atoms with Gasteiger partial charge in [0.05, 0.1) is 22.3 Å². The lowest BCUT2D eigenvalue weighted by atomic mass is 10.00. The monoisotopic (exact) mass is 600 g/mol. The van der Waals surface area contributed by atoms with Crippen molar-refractivity contribution in [3.8, 4) is 51.0 Å². The summed E-state index contributed by atoms with van der Waals surface area (Å²) in [5.74, 6) is 0.238. The van der Waals surface area contributed by atoms with Gasteiger partial charge in [0.15, 0.2) is 17.5 Å². The zero-order valence-electron chi connectivity index (χ0n) is 24.8. The van der Waals surface area contributed by atoms with Gasteiger partial charge in [0.2, 0.25) is 0 Å². The minimum Gasteiger partial charge on any atom is -0.308 e. The summed E-state index contributed by atoms with van der Waals surface area (Å²) >= 11 is 0. The highest BCUT2D eigenvalue weighted by Crippen LogP contribution is 2.39. The summed E-state index contributed by atoms with van der Waals surface area (Å²) in [6.45, 7) is 2.05. The number of para-hydroxylation sites is 1. The maximum Gasteiger partial charge on any atom is 0.166 e. The number of hydrogen-bond donors (Lipinski definition) is 0. The molecule has 0 amide bonds. The maximum absolute atomic E-state index is 15.2. The molecule has 0 aliphatic heterocycles. The molecular formula is C40H26F2N4. The molecule has 0 atom stereocenters. The van der Waals surface area contributed by atoms with Crippen molar-refractivity contribution in [1.29, 1.82) is 0 Å². The van der Waals surface area contributed by atoms with E-state index < -0.39 is 11.6 Å². The summed E-state index contributed by atoms with van der Waals surface area (Å²) in [4.78, 5) is 14.9. The van der Waals surface area contributed by atoms with Gasteiger partial charge in [0.25, 0.3) is 0 Å². The second-order valence-electron chi connectivity index (χ2n) is 11.2. The van der Waals surface area contributed by atoms with Crippen LogP contribution < -0.4 is 0 Å². The number of fused-ring (bicyclic) bond motifs is 3. The summed E-state index contributed by atoms with van der Waals surface area (Å²) in [6, 6.07) is 43.4. The molecule has 2 heterocycles. The van der Waals surface area contributed by atoms with E-state index in [1.54, 1.807) is 6.07 Å². The van der Waals surface area contributed by atoms with Crippen molar-refractivity contribution in [2.24, 2.45) is 0 Å². The van der Waals surface area contributed by atoms with Crippen molar-refractivity contribution in [2.75, 3.05) is 0 Å². The molecule has 0 N–H and O–H groups in total. The Balaban J connectivity index is 1.48. The number of hydrogen-bond acceptors (Lipinski definition) is 3. The van der Waals surface area contributed by atoms with Crippen LogP contribution in [0.1, 0.15) is 5.56 Å². The number of aromatic nitrogens is 4. The molecule has 0 aliphatic carbocycles. The van der Waals surface area contributed by atoms with E-state index in [2.05, 4.69) is 41.8 Å². The SMILES string of the molecule is Cc1ccc2c3ccccc3n(-c3cc(-c4c(F)cccc4F)ccc3-c3nc(-c4ccccc4)nc(-c4ccccc4)n3)c2c1. The average Bonchev–Trinajstić information content (AvgIpc) is 3.42. The maximum atomic E-state index is 15.2. The lowest BCUT2D eigenvalue weighted by molar-refractivity contribution is 0.589. The predicted octanol–water partition coefficient (Wildman–Crippen LogP) is 10.2. The molecule has 2 aromatic heterocycles. The first-order valence-electron chi connectivity index (χ1n) is 15.0. The number of nitrogens with zero attached hydrogens (tertiary/aromatic N) is 4. The molecule has 0 aliphatic rings. The molecule has 8 aromatic rings. The van der Waals surface area contributed by atoms with Crippen molar-refractivity contribution in [2.45, 2.75) is 6.92 Å². The molecule has 6 aromatic carbocycles. The number of halogens is 2. The first kappa shape index (κ1) is 27.5. The van der Waals surface area contributed by atoms with Gasteiger partial charge in [-0.15, -0.1) is 0 Å². The van der Waals surface area contributed by atoms with E-state index >= 15 is 8.78 Å². The van der Waals surface area contributed by atoms with E-state index in [0.29, 0.717) is 34.3 Å². The van der Waals surface area contributed by atoms with Crippen molar-refractivity contribution >= 4 is 21.8 Å². The standard InChI is InChI=1S/C40H26F2N4/c1-25-19-21-30-29-15-8-9-18-34(29)46(35(30)23-25)36-24-28(37-32(41)16-10-17-33(37)42)20-22-31(36)40-44-38(26-11-4-2-5-12-26)43-39(45-40)27-13-6-3-7-14-27/h2-24H,1H3. The van der Waals surface area contributed by atoms with E-state index in [-0.39, 0.29) is 5.56 Å². The van der Waals surface area contributed by atoms with Gasteiger partial charge in [-0.05, 0) is 54.4 Å². The van der Waals surface area contributed by atoms with Crippen LogP contribution in [0.25, 0.3) is 72.8 Å². The van der Waals surface area contributed by atoms with Gasteiger partial charge in [0, 0.05) is 27.5 Å². The van der Waals surface area contributed by atoms with Crippen LogP contribution in [-0.4, -0.2) is 19.5 Å². The van der Waals surface area contributed by atoms with Crippen LogP contribution in [0.4, 0.5) is 8.78 Å². The Morgan fingerprint density at radius 2 is 1.07 bits per heavy atom. The van der Waals surface area contributed by atoms with E-state index in [4.69, 9.17) is 15.0 Å². The highest BCUT2D eigenvalue weighted by molar-refractivity contribution is 6.10.